The van der Waals surface area contributed by atoms with Gasteiger partial charge in [0.25, 0.3) is 0 Å². The lowest BCUT2D eigenvalue weighted by Gasteiger charge is -2.24. The van der Waals surface area contributed by atoms with Gasteiger partial charge in [-0.25, -0.2) is 0 Å². The van der Waals surface area contributed by atoms with Crippen molar-refractivity contribution in [2.24, 2.45) is 0 Å². The molecule has 0 saturated heterocycles. The Morgan fingerprint density at radius 1 is 0.750 bits per heavy atom. The molecular formula is C37H39N2S+. The predicted octanol–water partition coefficient (Wildman–Crippen LogP) is 9.33. The number of hydrogen-bond acceptors (Lipinski definition) is 2. The summed E-state index contributed by atoms with van der Waals surface area (Å²) in [5.41, 5.74) is 10.9. The van der Waals surface area contributed by atoms with Crippen LogP contribution in [0.2, 0.25) is 0 Å². The Morgan fingerprint density at radius 2 is 1.43 bits per heavy atom. The molecule has 0 unspecified atom stereocenters. The molecule has 0 bridgehead atoms. The Kier molecular flexibility index (Phi) is 6.74. The second-order valence-corrected chi connectivity index (χ2v) is 13.2. The fourth-order valence-corrected chi connectivity index (χ4v) is 7.85. The summed E-state index contributed by atoms with van der Waals surface area (Å²) >= 11 is 1.90. The number of para-hydroxylation sites is 2. The number of benzene rings is 3. The molecule has 40 heavy (non-hydrogen) atoms. The Balaban J connectivity index is 1.38. The minimum Gasteiger partial charge on any atom is -0.347 e. The number of allylic oxidation sites excluding steroid dienone is 7. The number of thioether (sulfide) groups is 1. The quantitative estimate of drug-likeness (QED) is 0.296. The zero-order valence-electron chi connectivity index (χ0n) is 24.5. The Bertz CT molecular complexity index is 1630. The van der Waals surface area contributed by atoms with Crippen LogP contribution in [0, 0.1) is 0 Å². The van der Waals surface area contributed by atoms with Crippen LogP contribution in [0.4, 0.5) is 11.4 Å². The first-order valence-corrected chi connectivity index (χ1v) is 15.1. The average Bonchev–Trinajstić information content (AvgIpc) is 3.49. The lowest BCUT2D eigenvalue weighted by Crippen LogP contribution is -2.26. The number of fused-ring (bicyclic) bond motifs is 2. The third kappa shape index (κ3) is 4.41. The molecule has 2 heterocycles. The molecule has 0 fully saturated rings. The van der Waals surface area contributed by atoms with Crippen LogP contribution in [0.25, 0.3) is 0 Å². The molecular weight excluding hydrogens is 504 g/mol. The van der Waals surface area contributed by atoms with Gasteiger partial charge < -0.3 is 4.90 Å². The maximum absolute atomic E-state index is 2.39. The van der Waals surface area contributed by atoms with E-state index in [1.165, 1.54) is 54.9 Å². The number of rotatable bonds is 5. The van der Waals surface area contributed by atoms with E-state index in [9.17, 15) is 0 Å². The largest absolute Gasteiger partial charge is 0.347 e. The maximum Gasteiger partial charge on any atom is 0.209 e. The van der Waals surface area contributed by atoms with Crippen LogP contribution in [0.5, 0.6) is 0 Å². The predicted molar refractivity (Wildman–Crippen MR) is 172 cm³/mol. The molecule has 1 aliphatic carbocycles. The topological polar surface area (TPSA) is 6.25 Å². The highest BCUT2D eigenvalue weighted by Gasteiger charge is 2.42. The monoisotopic (exact) mass is 543 g/mol. The van der Waals surface area contributed by atoms with Gasteiger partial charge in [0.15, 0.2) is 5.71 Å². The van der Waals surface area contributed by atoms with E-state index in [1.54, 1.807) is 0 Å². The number of anilines is 1. The Morgan fingerprint density at radius 3 is 2.15 bits per heavy atom. The highest BCUT2D eigenvalue weighted by molar-refractivity contribution is 8.03. The molecule has 6 rings (SSSR count). The standard InChI is InChI=1S/C37H39N2S/c1-36(2)29-16-10-12-18-31(29)38(5)33(36)24-22-26-20-21-27(35(26)40-28-14-8-7-9-15-28)23-25-34-37(3,4)30-17-11-13-19-32(30)39(34)6/h7-19,22-25H,20-21H2,1-6H3/q+1. The summed E-state index contributed by atoms with van der Waals surface area (Å²) < 4.78 is 2.36. The zero-order valence-corrected chi connectivity index (χ0v) is 25.3. The summed E-state index contributed by atoms with van der Waals surface area (Å²) in [5.74, 6) is 0. The van der Waals surface area contributed by atoms with Crippen LogP contribution in [0.3, 0.4) is 0 Å². The summed E-state index contributed by atoms with van der Waals surface area (Å²) in [4.78, 5) is 5.04. The third-order valence-electron chi connectivity index (χ3n) is 8.98. The van der Waals surface area contributed by atoms with E-state index in [0.717, 1.165) is 12.8 Å². The van der Waals surface area contributed by atoms with Gasteiger partial charge in [0, 0.05) is 51.4 Å². The van der Waals surface area contributed by atoms with E-state index in [-0.39, 0.29) is 10.8 Å². The lowest BCUT2D eigenvalue weighted by molar-refractivity contribution is -0.401. The van der Waals surface area contributed by atoms with Crippen LogP contribution >= 0.6 is 11.8 Å². The second-order valence-electron chi connectivity index (χ2n) is 12.1. The van der Waals surface area contributed by atoms with E-state index < -0.39 is 0 Å². The summed E-state index contributed by atoms with van der Waals surface area (Å²) in [6.45, 7) is 9.36. The van der Waals surface area contributed by atoms with E-state index in [1.807, 2.05) is 11.8 Å². The van der Waals surface area contributed by atoms with Crippen LogP contribution < -0.4 is 4.90 Å². The summed E-state index contributed by atoms with van der Waals surface area (Å²) in [5, 5.41) is 0. The van der Waals surface area contributed by atoms with Crippen molar-refractivity contribution in [2.45, 2.75) is 56.3 Å². The first kappa shape index (κ1) is 26.7. The number of nitrogens with zero attached hydrogens (tertiary/aromatic N) is 2. The Hall–Kier alpha value is -3.56. The fraction of sp³-hybridized carbons (Fsp3) is 0.270. The number of hydrogen-bond donors (Lipinski definition) is 0. The first-order chi connectivity index (χ1) is 19.2. The van der Waals surface area contributed by atoms with Gasteiger partial charge in [-0.1, -0.05) is 92.4 Å². The van der Waals surface area contributed by atoms with Crippen molar-refractivity contribution in [1.29, 1.82) is 0 Å². The van der Waals surface area contributed by atoms with Gasteiger partial charge in [0.1, 0.15) is 7.05 Å². The smallest absolute Gasteiger partial charge is 0.209 e. The van der Waals surface area contributed by atoms with Gasteiger partial charge in [-0.15, -0.1) is 0 Å². The molecule has 0 spiro atoms. The van der Waals surface area contributed by atoms with Gasteiger partial charge in [-0.05, 0) is 67.7 Å². The van der Waals surface area contributed by atoms with Crippen molar-refractivity contribution < 1.29 is 4.58 Å². The molecule has 2 aliphatic heterocycles. The minimum absolute atomic E-state index is 0.0233. The van der Waals surface area contributed by atoms with E-state index in [2.05, 4.69) is 154 Å². The Labute approximate surface area is 244 Å². The highest BCUT2D eigenvalue weighted by Crippen LogP contribution is 2.48. The van der Waals surface area contributed by atoms with E-state index in [4.69, 9.17) is 0 Å². The summed E-state index contributed by atoms with van der Waals surface area (Å²) in [6, 6.07) is 28.4. The molecule has 0 amide bonds. The van der Waals surface area contributed by atoms with Gasteiger partial charge >= 0.3 is 0 Å². The molecule has 3 heteroatoms. The van der Waals surface area contributed by atoms with Crippen molar-refractivity contribution in [3.8, 4) is 0 Å². The van der Waals surface area contributed by atoms with Crippen molar-refractivity contribution in [1.82, 2.24) is 0 Å². The van der Waals surface area contributed by atoms with Crippen LogP contribution in [0.1, 0.15) is 51.7 Å². The molecule has 0 radical (unpaired) electrons. The van der Waals surface area contributed by atoms with Crippen LogP contribution in [-0.2, 0) is 10.8 Å². The zero-order chi connectivity index (χ0) is 28.1. The minimum atomic E-state index is -0.0233. The molecule has 202 valence electrons. The van der Waals surface area contributed by atoms with Crippen molar-refractivity contribution in [2.75, 3.05) is 19.0 Å². The SMILES string of the molecule is CN1/C(=C/C=C2\CCC(/C=C/C3=[N+](C)c4ccccc4C3(C)C)=C2Sc2ccccc2)C(C)(C)c2ccccc21. The van der Waals surface area contributed by atoms with Crippen LogP contribution in [0.15, 0.2) is 130 Å². The molecule has 0 aromatic heterocycles. The normalized spacial score (nSPS) is 21.3. The molecule has 0 saturated carbocycles. The average molecular weight is 544 g/mol. The fourth-order valence-electron chi connectivity index (χ4n) is 6.72. The van der Waals surface area contributed by atoms with Crippen molar-refractivity contribution in [3.63, 3.8) is 0 Å². The molecule has 3 aromatic rings. The van der Waals surface area contributed by atoms with E-state index >= 15 is 0 Å². The molecule has 0 atom stereocenters. The maximum atomic E-state index is 2.39. The lowest BCUT2D eigenvalue weighted by atomic mass is 9.81. The van der Waals surface area contributed by atoms with Crippen molar-refractivity contribution >= 4 is 28.8 Å². The molecule has 0 N–H and O–H groups in total. The van der Waals surface area contributed by atoms with Gasteiger partial charge in [-0.2, -0.15) is 4.58 Å². The number of likely N-dealkylation sites (N-methyl/N-ethyl adjacent to an activating group) is 1. The van der Waals surface area contributed by atoms with Crippen LogP contribution in [-0.4, -0.2) is 24.4 Å². The van der Waals surface area contributed by atoms with Gasteiger partial charge in [-0.3, -0.25) is 0 Å². The summed E-state index contributed by atoms with van der Waals surface area (Å²) in [6.07, 6.45) is 11.6. The van der Waals surface area contributed by atoms with Crippen molar-refractivity contribution in [3.05, 3.63) is 136 Å². The first-order valence-electron chi connectivity index (χ1n) is 14.3. The van der Waals surface area contributed by atoms with Gasteiger partial charge in [0.05, 0.1) is 5.41 Å². The second kappa shape index (κ2) is 10.1. The van der Waals surface area contributed by atoms with Gasteiger partial charge in [0.2, 0.25) is 5.69 Å². The molecule has 2 nitrogen and oxygen atoms in total. The summed E-state index contributed by atoms with van der Waals surface area (Å²) in [7, 11) is 4.40. The molecule has 3 aromatic carbocycles. The highest BCUT2D eigenvalue weighted by atomic mass is 32.2. The molecule has 3 aliphatic rings. The van der Waals surface area contributed by atoms with E-state index in [0.29, 0.717) is 0 Å². The third-order valence-corrected chi connectivity index (χ3v) is 10.2.